The van der Waals surface area contributed by atoms with Crippen molar-refractivity contribution in [3.8, 4) is 11.4 Å². The van der Waals surface area contributed by atoms with E-state index in [9.17, 15) is 4.79 Å². The van der Waals surface area contributed by atoms with Crippen LogP contribution in [0.4, 0.5) is 5.69 Å². The van der Waals surface area contributed by atoms with Gasteiger partial charge in [-0.3, -0.25) is 9.89 Å². The minimum atomic E-state index is -0.0654. The maximum absolute atomic E-state index is 12.9. The molecule has 164 valence electrons. The maximum atomic E-state index is 12.9. The zero-order valence-electron chi connectivity index (χ0n) is 17.7. The van der Waals surface area contributed by atoms with Gasteiger partial charge in [-0.05, 0) is 42.0 Å². The Bertz CT molecular complexity index is 1160. The van der Waals surface area contributed by atoms with Crippen molar-refractivity contribution >= 4 is 23.2 Å². The van der Waals surface area contributed by atoms with Gasteiger partial charge >= 0.3 is 0 Å². The number of H-pyrrole nitrogens is 1. The van der Waals surface area contributed by atoms with Crippen molar-refractivity contribution in [2.24, 2.45) is 0 Å². The molecular weight excluding hydrogens is 426 g/mol. The minimum absolute atomic E-state index is 0.00691. The number of ether oxygens (including phenoxy) is 1. The molecule has 2 heterocycles. The lowest BCUT2D eigenvalue weighted by Gasteiger charge is -2.18. The first kappa shape index (κ1) is 21.8. The molecular formula is C24H24ClN5O2. The number of anilines is 1. The van der Waals surface area contributed by atoms with E-state index in [1.807, 2.05) is 73.1 Å². The predicted molar refractivity (Wildman–Crippen MR) is 124 cm³/mol. The highest BCUT2D eigenvalue weighted by Crippen LogP contribution is 2.25. The summed E-state index contributed by atoms with van der Waals surface area (Å²) in [4.78, 5) is 17.3. The number of methoxy groups -OCH3 is 1. The van der Waals surface area contributed by atoms with Crippen LogP contribution in [0, 0.1) is 0 Å². The largest absolute Gasteiger partial charge is 0.377 e. The van der Waals surface area contributed by atoms with Crippen molar-refractivity contribution in [1.82, 2.24) is 19.7 Å². The van der Waals surface area contributed by atoms with E-state index in [2.05, 4.69) is 25.1 Å². The van der Waals surface area contributed by atoms with E-state index in [4.69, 9.17) is 16.3 Å². The maximum Gasteiger partial charge on any atom is 0.225 e. The van der Waals surface area contributed by atoms with Gasteiger partial charge in [0.2, 0.25) is 5.91 Å². The summed E-state index contributed by atoms with van der Waals surface area (Å²) < 4.78 is 7.15. The lowest BCUT2D eigenvalue weighted by molar-refractivity contribution is -0.116. The Morgan fingerprint density at radius 3 is 2.69 bits per heavy atom. The number of amides is 1. The first-order valence-corrected chi connectivity index (χ1v) is 10.7. The molecule has 1 amide bonds. The minimum Gasteiger partial charge on any atom is -0.377 e. The van der Waals surface area contributed by atoms with E-state index in [1.165, 1.54) is 0 Å². The van der Waals surface area contributed by atoms with E-state index >= 15 is 0 Å². The van der Waals surface area contributed by atoms with Gasteiger partial charge in [0, 0.05) is 54.7 Å². The number of carbonyl (C=O) groups is 1. The lowest BCUT2D eigenvalue weighted by atomic mass is 9.95. The molecule has 32 heavy (non-hydrogen) atoms. The molecule has 0 radical (unpaired) electrons. The zero-order valence-corrected chi connectivity index (χ0v) is 18.4. The highest BCUT2D eigenvalue weighted by molar-refractivity contribution is 6.30. The number of benzene rings is 2. The molecule has 0 aliphatic rings. The van der Waals surface area contributed by atoms with Crippen molar-refractivity contribution in [3.63, 3.8) is 0 Å². The Balaban J connectivity index is 1.47. The predicted octanol–water partition coefficient (Wildman–Crippen LogP) is 4.89. The third-order valence-corrected chi connectivity index (χ3v) is 5.34. The number of hydrogen-bond donors (Lipinski definition) is 2. The summed E-state index contributed by atoms with van der Waals surface area (Å²) in [7, 11) is 1.60. The highest BCUT2D eigenvalue weighted by atomic mass is 35.5. The number of aromatic nitrogens is 4. The number of hydrogen-bond acceptors (Lipinski definition) is 4. The quantitative estimate of drug-likeness (QED) is 0.381. The number of nitrogens with zero attached hydrogens (tertiary/aromatic N) is 3. The van der Waals surface area contributed by atoms with Crippen molar-refractivity contribution in [1.29, 1.82) is 0 Å². The van der Waals surface area contributed by atoms with E-state index in [-0.39, 0.29) is 11.8 Å². The molecule has 0 saturated heterocycles. The summed E-state index contributed by atoms with van der Waals surface area (Å²) in [6.07, 6.45) is 4.33. The second-order valence-corrected chi connectivity index (χ2v) is 7.94. The van der Waals surface area contributed by atoms with Gasteiger partial charge in [0.25, 0.3) is 0 Å². The van der Waals surface area contributed by atoms with E-state index < -0.39 is 0 Å². The van der Waals surface area contributed by atoms with Crippen LogP contribution in [0.5, 0.6) is 0 Å². The third-order valence-electron chi connectivity index (χ3n) is 5.09. The summed E-state index contributed by atoms with van der Waals surface area (Å²) >= 11 is 6.05. The van der Waals surface area contributed by atoms with Crippen LogP contribution in [0.2, 0.25) is 5.02 Å². The van der Waals surface area contributed by atoms with Crippen LogP contribution in [-0.4, -0.2) is 32.8 Å². The van der Waals surface area contributed by atoms with Crippen molar-refractivity contribution in [2.75, 3.05) is 12.4 Å². The number of rotatable bonds is 9. The van der Waals surface area contributed by atoms with E-state index in [1.54, 1.807) is 7.11 Å². The average Bonchev–Trinajstić information content (AvgIpc) is 3.47. The smallest absolute Gasteiger partial charge is 0.225 e. The van der Waals surface area contributed by atoms with Gasteiger partial charge < -0.3 is 14.6 Å². The Kier molecular flexibility index (Phi) is 6.99. The topological polar surface area (TPSA) is 84.8 Å². The fourth-order valence-corrected chi connectivity index (χ4v) is 3.69. The SMILES string of the molecule is COCc1nc(-c2cccc(NC(=O)CC(Cn3cccc3)c3ccc(Cl)cc3)c2)n[nH]1. The molecule has 8 heteroatoms. The van der Waals surface area contributed by atoms with Gasteiger partial charge in [-0.2, -0.15) is 5.10 Å². The van der Waals surface area contributed by atoms with Gasteiger partial charge in [-0.15, -0.1) is 0 Å². The molecule has 0 saturated carbocycles. The van der Waals surface area contributed by atoms with Crippen LogP contribution in [0.1, 0.15) is 23.7 Å². The van der Waals surface area contributed by atoms with Crippen LogP contribution in [0.3, 0.4) is 0 Å². The summed E-state index contributed by atoms with van der Waals surface area (Å²) in [6.45, 7) is 1.05. The van der Waals surface area contributed by atoms with E-state index in [0.717, 1.165) is 11.1 Å². The van der Waals surface area contributed by atoms with Crippen molar-refractivity contribution < 1.29 is 9.53 Å². The van der Waals surface area contributed by atoms with Crippen LogP contribution in [0.25, 0.3) is 11.4 Å². The lowest BCUT2D eigenvalue weighted by Crippen LogP contribution is -2.18. The molecule has 1 atom stereocenters. The monoisotopic (exact) mass is 449 g/mol. The molecule has 0 aliphatic carbocycles. The van der Waals surface area contributed by atoms with Gasteiger partial charge in [0.1, 0.15) is 6.61 Å². The van der Waals surface area contributed by atoms with Crippen LogP contribution < -0.4 is 5.32 Å². The van der Waals surface area contributed by atoms with Crippen LogP contribution >= 0.6 is 11.6 Å². The first-order chi connectivity index (χ1) is 15.6. The molecule has 4 aromatic rings. The zero-order chi connectivity index (χ0) is 22.3. The fraction of sp³-hybridized carbons (Fsp3) is 0.208. The molecule has 7 nitrogen and oxygen atoms in total. The number of aromatic amines is 1. The fourth-order valence-electron chi connectivity index (χ4n) is 3.57. The Labute approximate surface area is 191 Å². The van der Waals surface area contributed by atoms with Gasteiger partial charge in [-0.25, -0.2) is 4.98 Å². The number of halogens is 1. The van der Waals surface area contributed by atoms with Crippen molar-refractivity contribution in [3.05, 3.63) is 89.5 Å². The summed E-state index contributed by atoms with van der Waals surface area (Å²) in [5, 5.41) is 10.8. The summed E-state index contributed by atoms with van der Waals surface area (Å²) in [6, 6.07) is 19.1. The van der Waals surface area contributed by atoms with Gasteiger partial charge in [-0.1, -0.05) is 35.9 Å². The Morgan fingerprint density at radius 1 is 1.16 bits per heavy atom. The molecule has 2 N–H and O–H groups in total. The second kappa shape index (κ2) is 10.3. The molecule has 2 aromatic carbocycles. The van der Waals surface area contributed by atoms with Gasteiger partial charge in [0.15, 0.2) is 11.6 Å². The molecule has 0 fully saturated rings. The first-order valence-electron chi connectivity index (χ1n) is 10.3. The van der Waals surface area contributed by atoms with E-state index in [0.29, 0.717) is 41.9 Å². The summed E-state index contributed by atoms with van der Waals surface area (Å²) in [5.74, 6) is 1.14. The molecule has 4 rings (SSSR count). The third kappa shape index (κ3) is 5.63. The molecule has 0 spiro atoms. The average molecular weight is 450 g/mol. The standard InChI is InChI=1S/C24H24ClN5O2/c1-32-16-22-27-24(29-28-22)18-5-4-6-21(13-18)26-23(31)14-19(15-30-11-2-3-12-30)17-7-9-20(25)10-8-17/h2-13,19H,14-16H2,1H3,(H,26,31)(H,27,28,29). The molecule has 0 aliphatic heterocycles. The van der Waals surface area contributed by atoms with Gasteiger partial charge in [0.05, 0.1) is 0 Å². The van der Waals surface area contributed by atoms with Crippen LogP contribution in [0.15, 0.2) is 73.1 Å². The molecule has 0 bridgehead atoms. The van der Waals surface area contributed by atoms with Crippen molar-refractivity contribution in [2.45, 2.75) is 25.5 Å². The normalized spacial score (nSPS) is 11.9. The number of carbonyl (C=O) groups excluding carboxylic acids is 1. The Hall–Kier alpha value is -3.42. The molecule has 2 aromatic heterocycles. The number of nitrogens with one attached hydrogen (secondary N) is 2. The highest BCUT2D eigenvalue weighted by Gasteiger charge is 2.17. The summed E-state index contributed by atoms with van der Waals surface area (Å²) in [5.41, 5.74) is 2.57. The van der Waals surface area contributed by atoms with Crippen LogP contribution in [-0.2, 0) is 22.7 Å². The second-order valence-electron chi connectivity index (χ2n) is 7.50. The Morgan fingerprint density at radius 2 is 1.94 bits per heavy atom. The molecule has 1 unspecified atom stereocenters.